The summed E-state index contributed by atoms with van der Waals surface area (Å²) in [5, 5.41) is 15.0. The minimum absolute atomic E-state index is 0.275. The summed E-state index contributed by atoms with van der Waals surface area (Å²) in [4.78, 5) is 23.8. The summed E-state index contributed by atoms with van der Waals surface area (Å²) in [6.07, 6.45) is 4.46. The average Bonchev–Trinajstić information content (AvgIpc) is 3.36. The predicted molar refractivity (Wildman–Crippen MR) is 117 cm³/mol. The topological polar surface area (TPSA) is 107 Å². The molecule has 0 aliphatic rings. The van der Waals surface area contributed by atoms with Gasteiger partial charge in [-0.25, -0.2) is 14.8 Å². The number of urea groups is 1. The first-order valence-corrected chi connectivity index (χ1v) is 10.2. The molecule has 3 aromatic heterocycles. The molecule has 154 valence electrons. The molecule has 0 saturated carbocycles. The number of ether oxygens (including phenoxy) is 1. The Bertz CT molecular complexity index is 1210. The Morgan fingerprint density at radius 3 is 2.73 bits per heavy atom. The number of rotatable bonds is 5. The van der Waals surface area contributed by atoms with Crippen LogP contribution in [0.5, 0.6) is 0 Å². The van der Waals surface area contributed by atoms with Crippen molar-refractivity contribution >= 4 is 50.7 Å². The van der Waals surface area contributed by atoms with Gasteiger partial charge in [0.05, 0.1) is 40.4 Å². The lowest BCUT2D eigenvalue weighted by Gasteiger charge is -2.16. The molecular weight excluding hydrogens is 426 g/mol. The van der Waals surface area contributed by atoms with Crippen LogP contribution in [0.15, 0.2) is 36.8 Å². The maximum atomic E-state index is 12.6. The minimum atomic E-state index is -0.436. The molecule has 1 atom stereocenters. The number of nitrogens with one attached hydrogen (secondary N) is 2. The van der Waals surface area contributed by atoms with Gasteiger partial charge < -0.3 is 15.4 Å². The number of halogens is 1. The molecule has 2 amide bonds. The van der Waals surface area contributed by atoms with Gasteiger partial charge in [-0.15, -0.1) is 0 Å². The van der Waals surface area contributed by atoms with Crippen LogP contribution in [0.25, 0.3) is 16.0 Å². The number of aryl methyl sites for hydroxylation is 1. The first-order valence-electron chi connectivity index (χ1n) is 8.99. The fourth-order valence-corrected chi connectivity index (χ4v) is 4.03. The van der Waals surface area contributed by atoms with Crippen molar-refractivity contribution in [3.63, 3.8) is 0 Å². The summed E-state index contributed by atoms with van der Waals surface area (Å²) >= 11 is 7.80. The van der Waals surface area contributed by atoms with E-state index >= 15 is 0 Å². The van der Waals surface area contributed by atoms with E-state index in [4.69, 9.17) is 16.3 Å². The smallest absolute Gasteiger partial charge is 0.323 e. The number of aromatic nitrogens is 5. The van der Waals surface area contributed by atoms with Gasteiger partial charge >= 0.3 is 6.03 Å². The van der Waals surface area contributed by atoms with Gasteiger partial charge in [0, 0.05) is 18.4 Å². The van der Waals surface area contributed by atoms with E-state index in [2.05, 4.69) is 30.8 Å². The SMILES string of the molecule is COC(C)c1c(NC(=O)Nc2ccc(-n3nccn3)c(Cl)c2)cnc2sc(C)nc12. The molecule has 4 rings (SSSR count). The Morgan fingerprint density at radius 2 is 2.03 bits per heavy atom. The molecule has 2 N–H and O–H groups in total. The van der Waals surface area contributed by atoms with Gasteiger partial charge in [0.15, 0.2) is 0 Å². The highest BCUT2D eigenvalue weighted by molar-refractivity contribution is 7.18. The van der Waals surface area contributed by atoms with E-state index in [0.29, 0.717) is 22.1 Å². The maximum absolute atomic E-state index is 12.6. The van der Waals surface area contributed by atoms with Crippen LogP contribution < -0.4 is 10.6 Å². The van der Waals surface area contributed by atoms with Crippen LogP contribution in [0, 0.1) is 6.92 Å². The molecule has 0 bridgehead atoms. The molecule has 11 heteroatoms. The number of pyridine rings is 1. The Labute approximate surface area is 181 Å². The highest BCUT2D eigenvalue weighted by Gasteiger charge is 2.20. The average molecular weight is 444 g/mol. The molecule has 1 aromatic carbocycles. The Kier molecular flexibility index (Phi) is 5.62. The second-order valence-electron chi connectivity index (χ2n) is 6.41. The van der Waals surface area contributed by atoms with Crippen LogP contribution in [0.4, 0.5) is 16.2 Å². The quantitative estimate of drug-likeness (QED) is 0.467. The van der Waals surface area contributed by atoms with E-state index < -0.39 is 6.03 Å². The van der Waals surface area contributed by atoms with Gasteiger partial charge in [-0.05, 0) is 32.0 Å². The summed E-state index contributed by atoms with van der Waals surface area (Å²) in [5.74, 6) is 0. The van der Waals surface area contributed by atoms with E-state index in [-0.39, 0.29) is 6.10 Å². The number of carbonyl (C=O) groups excluding carboxylic acids is 1. The van der Waals surface area contributed by atoms with Crippen molar-refractivity contribution in [3.8, 4) is 5.69 Å². The number of hydrogen-bond donors (Lipinski definition) is 2. The molecule has 30 heavy (non-hydrogen) atoms. The third-order valence-corrected chi connectivity index (χ3v) is 5.60. The summed E-state index contributed by atoms with van der Waals surface area (Å²) in [7, 11) is 1.61. The number of thiazole rings is 1. The molecular formula is C19H18ClN7O2S. The van der Waals surface area contributed by atoms with Gasteiger partial charge in [0.1, 0.15) is 16.0 Å². The van der Waals surface area contributed by atoms with E-state index in [1.807, 2.05) is 13.8 Å². The normalized spacial score (nSPS) is 12.1. The lowest BCUT2D eigenvalue weighted by Crippen LogP contribution is -2.21. The van der Waals surface area contributed by atoms with Gasteiger partial charge in [-0.2, -0.15) is 15.0 Å². The summed E-state index contributed by atoms with van der Waals surface area (Å²) in [6, 6.07) is 4.63. The van der Waals surface area contributed by atoms with E-state index in [0.717, 1.165) is 20.9 Å². The van der Waals surface area contributed by atoms with E-state index in [9.17, 15) is 4.79 Å². The third-order valence-electron chi connectivity index (χ3n) is 4.42. The molecule has 0 aliphatic heterocycles. The van der Waals surface area contributed by atoms with Crippen LogP contribution in [-0.4, -0.2) is 38.1 Å². The fourth-order valence-electron chi connectivity index (χ4n) is 3.00. The van der Waals surface area contributed by atoms with Crippen molar-refractivity contribution in [2.45, 2.75) is 20.0 Å². The number of nitrogens with zero attached hydrogens (tertiary/aromatic N) is 5. The van der Waals surface area contributed by atoms with Crippen molar-refractivity contribution < 1.29 is 9.53 Å². The molecule has 0 fully saturated rings. The first-order chi connectivity index (χ1) is 14.5. The maximum Gasteiger partial charge on any atom is 0.323 e. The highest BCUT2D eigenvalue weighted by atomic mass is 35.5. The Morgan fingerprint density at radius 1 is 1.27 bits per heavy atom. The van der Waals surface area contributed by atoms with Crippen molar-refractivity contribution in [2.75, 3.05) is 17.7 Å². The molecule has 9 nitrogen and oxygen atoms in total. The number of fused-ring (bicyclic) bond motifs is 1. The zero-order chi connectivity index (χ0) is 21.3. The Balaban J connectivity index is 1.57. The fraction of sp³-hybridized carbons (Fsp3) is 0.211. The summed E-state index contributed by atoms with van der Waals surface area (Å²) in [5.41, 5.74) is 3.16. The van der Waals surface area contributed by atoms with Crippen LogP contribution >= 0.6 is 22.9 Å². The second kappa shape index (κ2) is 8.34. The van der Waals surface area contributed by atoms with Crippen molar-refractivity contribution in [3.05, 3.63) is 52.4 Å². The molecule has 0 radical (unpaired) electrons. The number of anilines is 2. The lowest BCUT2D eigenvalue weighted by molar-refractivity contribution is 0.121. The summed E-state index contributed by atoms with van der Waals surface area (Å²) in [6.45, 7) is 3.81. The highest BCUT2D eigenvalue weighted by Crippen LogP contribution is 2.33. The molecule has 3 heterocycles. The second-order valence-corrected chi connectivity index (χ2v) is 8.00. The monoisotopic (exact) mass is 443 g/mol. The Hall–Kier alpha value is -3.08. The molecule has 0 saturated heterocycles. The third kappa shape index (κ3) is 3.97. The number of amides is 2. The zero-order valence-electron chi connectivity index (χ0n) is 16.4. The number of benzene rings is 1. The van der Waals surface area contributed by atoms with Crippen molar-refractivity contribution in [1.29, 1.82) is 0 Å². The standard InChI is InChI=1S/C19H18ClN7O2S/c1-10(29-3)16-14(9-21-18-17(16)24-11(2)30-18)26-19(28)25-12-4-5-15(13(20)8-12)27-22-6-7-23-27/h4-10H,1-3H3,(H2,25,26,28). The van der Waals surface area contributed by atoms with Crippen molar-refractivity contribution in [1.82, 2.24) is 25.0 Å². The van der Waals surface area contributed by atoms with Crippen LogP contribution in [0.2, 0.25) is 5.02 Å². The van der Waals surface area contributed by atoms with E-state index in [1.54, 1.807) is 43.9 Å². The van der Waals surface area contributed by atoms with Crippen LogP contribution in [0.1, 0.15) is 23.6 Å². The zero-order valence-corrected chi connectivity index (χ0v) is 18.0. The molecule has 0 spiro atoms. The molecule has 4 aromatic rings. The van der Waals surface area contributed by atoms with Gasteiger partial charge in [-0.3, -0.25) is 0 Å². The number of carbonyl (C=O) groups is 1. The van der Waals surface area contributed by atoms with Crippen LogP contribution in [-0.2, 0) is 4.74 Å². The lowest BCUT2D eigenvalue weighted by atomic mass is 10.1. The number of methoxy groups -OCH3 is 1. The van der Waals surface area contributed by atoms with Crippen molar-refractivity contribution in [2.24, 2.45) is 0 Å². The first kappa shape index (κ1) is 20.2. The predicted octanol–water partition coefficient (Wildman–Crippen LogP) is 4.59. The minimum Gasteiger partial charge on any atom is -0.377 e. The molecule has 0 aliphatic carbocycles. The summed E-state index contributed by atoms with van der Waals surface area (Å²) < 4.78 is 5.49. The molecule has 1 unspecified atom stereocenters. The van der Waals surface area contributed by atoms with Gasteiger partial charge in [0.25, 0.3) is 0 Å². The number of hydrogen-bond acceptors (Lipinski definition) is 7. The van der Waals surface area contributed by atoms with Gasteiger partial charge in [-0.1, -0.05) is 22.9 Å². The van der Waals surface area contributed by atoms with E-state index in [1.165, 1.54) is 16.1 Å². The van der Waals surface area contributed by atoms with Crippen LogP contribution in [0.3, 0.4) is 0 Å². The largest absolute Gasteiger partial charge is 0.377 e. The van der Waals surface area contributed by atoms with Gasteiger partial charge in [0.2, 0.25) is 0 Å².